The van der Waals surface area contributed by atoms with E-state index in [1.54, 1.807) is 14.2 Å². The average molecular weight is 266 g/mol. The molecular formula is C17H16NO2. The van der Waals surface area contributed by atoms with E-state index in [9.17, 15) is 0 Å². The molecule has 0 aromatic heterocycles. The summed E-state index contributed by atoms with van der Waals surface area (Å²) in [6, 6.07) is 15.1. The zero-order valence-corrected chi connectivity index (χ0v) is 11.6. The van der Waals surface area contributed by atoms with Crippen LogP contribution in [0.15, 0.2) is 41.4 Å². The Labute approximate surface area is 118 Å². The fraction of sp³-hybridized carbons (Fsp3) is 0.235. The second kappa shape index (κ2) is 5.37. The number of fused-ring (bicyclic) bond motifs is 1. The number of methoxy groups -OCH3 is 2. The summed E-state index contributed by atoms with van der Waals surface area (Å²) in [6.45, 7) is 0.798. The molecule has 1 aliphatic heterocycles. The fourth-order valence-corrected chi connectivity index (χ4v) is 2.51. The molecule has 0 amide bonds. The molecule has 1 aliphatic rings. The topological polar surface area (TPSA) is 30.8 Å². The minimum absolute atomic E-state index is 0.737. The van der Waals surface area contributed by atoms with Crippen LogP contribution in [0, 0.1) is 6.07 Å². The van der Waals surface area contributed by atoms with Crippen LogP contribution in [0.4, 0.5) is 0 Å². The molecule has 101 valence electrons. The Kier molecular flexibility index (Phi) is 3.42. The van der Waals surface area contributed by atoms with E-state index in [-0.39, 0.29) is 0 Å². The Bertz CT molecular complexity index is 648. The lowest BCUT2D eigenvalue weighted by molar-refractivity contribution is 0.354. The Balaban J connectivity index is 2.13. The van der Waals surface area contributed by atoms with Crippen LogP contribution in [0.1, 0.15) is 16.7 Å². The van der Waals surface area contributed by atoms with Gasteiger partial charge in [0.05, 0.1) is 19.9 Å². The third kappa shape index (κ3) is 2.16. The summed E-state index contributed by atoms with van der Waals surface area (Å²) < 4.78 is 10.8. The van der Waals surface area contributed by atoms with Gasteiger partial charge >= 0.3 is 0 Å². The summed E-state index contributed by atoms with van der Waals surface area (Å²) >= 11 is 0. The minimum Gasteiger partial charge on any atom is -0.493 e. The smallest absolute Gasteiger partial charge is 0.161 e. The Hall–Kier alpha value is -2.29. The molecule has 0 saturated carbocycles. The second-order valence-corrected chi connectivity index (χ2v) is 4.64. The molecule has 1 heterocycles. The highest BCUT2D eigenvalue weighted by atomic mass is 16.5. The van der Waals surface area contributed by atoms with Crippen molar-refractivity contribution in [2.24, 2.45) is 4.99 Å². The van der Waals surface area contributed by atoms with Crippen LogP contribution in [0.25, 0.3) is 0 Å². The number of benzene rings is 2. The third-order valence-electron chi connectivity index (χ3n) is 3.50. The quantitative estimate of drug-likeness (QED) is 0.855. The van der Waals surface area contributed by atoms with Crippen molar-refractivity contribution < 1.29 is 9.47 Å². The van der Waals surface area contributed by atoms with E-state index in [4.69, 9.17) is 9.47 Å². The van der Waals surface area contributed by atoms with Crippen LogP contribution in [-0.2, 0) is 6.42 Å². The number of hydrogen-bond donors (Lipinski definition) is 0. The molecule has 0 bridgehead atoms. The predicted octanol–water partition coefficient (Wildman–Crippen LogP) is 2.90. The largest absolute Gasteiger partial charge is 0.493 e. The third-order valence-corrected chi connectivity index (χ3v) is 3.50. The van der Waals surface area contributed by atoms with Gasteiger partial charge in [-0.15, -0.1) is 0 Å². The number of hydrogen-bond acceptors (Lipinski definition) is 3. The van der Waals surface area contributed by atoms with Crippen LogP contribution in [0.5, 0.6) is 11.5 Å². The van der Waals surface area contributed by atoms with Crippen molar-refractivity contribution in [2.75, 3.05) is 20.8 Å². The summed E-state index contributed by atoms with van der Waals surface area (Å²) in [5, 5.41) is 0. The van der Waals surface area contributed by atoms with Gasteiger partial charge in [-0.3, -0.25) is 4.99 Å². The first-order valence-corrected chi connectivity index (χ1v) is 6.59. The maximum atomic E-state index is 5.40. The normalized spacial score (nSPS) is 13.4. The molecule has 3 rings (SSSR count). The molecule has 0 aliphatic carbocycles. The zero-order chi connectivity index (χ0) is 13.9. The van der Waals surface area contributed by atoms with Gasteiger partial charge in [0, 0.05) is 17.7 Å². The number of nitrogens with zero attached hydrogens (tertiary/aromatic N) is 1. The van der Waals surface area contributed by atoms with Crippen LogP contribution in [0.2, 0.25) is 0 Å². The molecule has 0 fully saturated rings. The molecule has 0 saturated heterocycles. The van der Waals surface area contributed by atoms with Crippen molar-refractivity contribution in [1.82, 2.24) is 0 Å². The van der Waals surface area contributed by atoms with E-state index in [2.05, 4.69) is 23.2 Å². The summed E-state index contributed by atoms with van der Waals surface area (Å²) in [7, 11) is 3.31. The molecule has 0 N–H and O–H groups in total. The van der Waals surface area contributed by atoms with Crippen molar-refractivity contribution in [2.45, 2.75) is 6.42 Å². The molecule has 0 unspecified atom stereocenters. The maximum absolute atomic E-state index is 5.40. The number of ether oxygens (including phenoxy) is 2. The van der Waals surface area contributed by atoms with Gasteiger partial charge in [0.15, 0.2) is 11.5 Å². The van der Waals surface area contributed by atoms with Crippen LogP contribution in [-0.4, -0.2) is 26.5 Å². The average Bonchev–Trinajstić information content (AvgIpc) is 2.53. The van der Waals surface area contributed by atoms with E-state index >= 15 is 0 Å². The van der Waals surface area contributed by atoms with Crippen molar-refractivity contribution >= 4 is 5.71 Å². The Morgan fingerprint density at radius 2 is 1.95 bits per heavy atom. The lowest BCUT2D eigenvalue weighted by Gasteiger charge is -2.19. The molecule has 0 atom stereocenters. The molecular weight excluding hydrogens is 250 g/mol. The Morgan fingerprint density at radius 1 is 1.15 bits per heavy atom. The standard InChI is InChI=1S/C17H16NO2/c1-19-15-10-13-8-9-18-17(12-6-4-3-5-7-12)14(13)11-16(15)20-2/h3-4,6-7,10-11H,8-9H2,1-2H3. The predicted molar refractivity (Wildman–Crippen MR) is 79.0 cm³/mol. The van der Waals surface area contributed by atoms with Gasteiger partial charge in [0.25, 0.3) is 0 Å². The van der Waals surface area contributed by atoms with Gasteiger partial charge in [0.1, 0.15) is 0 Å². The van der Waals surface area contributed by atoms with Crippen molar-refractivity contribution in [1.29, 1.82) is 0 Å². The van der Waals surface area contributed by atoms with E-state index in [0.717, 1.165) is 41.3 Å². The second-order valence-electron chi connectivity index (χ2n) is 4.64. The lowest BCUT2D eigenvalue weighted by atomic mass is 9.93. The Morgan fingerprint density at radius 3 is 2.65 bits per heavy atom. The minimum atomic E-state index is 0.737. The monoisotopic (exact) mass is 266 g/mol. The highest BCUT2D eigenvalue weighted by molar-refractivity contribution is 6.14. The van der Waals surface area contributed by atoms with Crippen LogP contribution in [0.3, 0.4) is 0 Å². The molecule has 2 aromatic rings. The van der Waals surface area contributed by atoms with Crippen molar-refractivity contribution in [3.63, 3.8) is 0 Å². The lowest BCUT2D eigenvalue weighted by Crippen LogP contribution is -2.14. The molecule has 20 heavy (non-hydrogen) atoms. The van der Waals surface area contributed by atoms with Crippen LogP contribution < -0.4 is 9.47 Å². The van der Waals surface area contributed by atoms with E-state index in [1.165, 1.54) is 5.56 Å². The SMILES string of the molecule is COc1cc2c(cc1OC)C(c1c[c]ccc1)=NCC2. The van der Waals surface area contributed by atoms with Gasteiger partial charge in [-0.1, -0.05) is 18.2 Å². The summed E-state index contributed by atoms with van der Waals surface area (Å²) in [5.41, 5.74) is 4.45. The fourth-order valence-electron chi connectivity index (χ4n) is 2.51. The molecule has 3 nitrogen and oxygen atoms in total. The maximum Gasteiger partial charge on any atom is 0.161 e. The molecule has 2 aromatic carbocycles. The van der Waals surface area contributed by atoms with E-state index in [0.29, 0.717) is 0 Å². The van der Waals surface area contributed by atoms with Gasteiger partial charge in [0.2, 0.25) is 0 Å². The molecule has 3 heteroatoms. The van der Waals surface area contributed by atoms with Crippen molar-refractivity contribution in [3.8, 4) is 11.5 Å². The van der Waals surface area contributed by atoms with E-state index in [1.807, 2.05) is 24.3 Å². The van der Waals surface area contributed by atoms with Gasteiger partial charge in [-0.2, -0.15) is 0 Å². The zero-order valence-electron chi connectivity index (χ0n) is 11.6. The highest BCUT2D eigenvalue weighted by Gasteiger charge is 2.19. The highest BCUT2D eigenvalue weighted by Crippen LogP contribution is 2.33. The first-order valence-electron chi connectivity index (χ1n) is 6.59. The molecule has 1 radical (unpaired) electrons. The van der Waals surface area contributed by atoms with Gasteiger partial charge in [-0.05, 0) is 36.2 Å². The molecule has 0 spiro atoms. The first kappa shape index (κ1) is 12.7. The number of rotatable bonds is 3. The summed E-state index contributed by atoms with van der Waals surface area (Å²) in [5.74, 6) is 1.51. The van der Waals surface area contributed by atoms with Gasteiger partial charge < -0.3 is 9.47 Å². The first-order chi connectivity index (χ1) is 9.83. The van der Waals surface area contributed by atoms with E-state index < -0.39 is 0 Å². The summed E-state index contributed by atoms with van der Waals surface area (Å²) in [4.78, 5) is 4.67. The number of aliphatic imine (C=N–C) groups is 1. The summed E-state index contributed by atoms with van der Waals surface area (Å²) in [6.07, 6.45) is 0.926. The van der Waals surface area contributed by atoms with Crippen LogP contribution >= 0.6 is 0 Å². The van der Waals surface area contributed by atoms with Crippen molar-refractivity contribution in [3.05, 3.63) is 59.2 Å². The van der Waals surface area contributed by atoms with Gasteiger partial charge in [-0.25, -0.2) is 0 Å².